The number of hydrogen-bond donors (Lipinski definition) is 0. The maximum absolute atomic E-state index is 11.1. The van der Waals surface area contributed by atoms with Crippen molar-refractivity contribution in [2.24, 2.45) is 0 Å². The Labute approximate surface area is 68.9 Å². The highest BCUT2D eigenvalue weighted by atomic mass is 16.2. The lowest BCUT2D eigenvalue weighted by atomic mass is 10.1. The first-order chi connectivity index (χ1) is 5.11. The van der Waals surface area contributed by atoms with E-state index in [-0.39, 0.29) is 5.91 Å². The van der Waals surface area contributed by atoms with Crippen LogP contribution in [0.1, 0.15) is 26.7 Å². The van der Waals surface area contributed by atoms with Gasteiger partial charge in [0.2, 0.25) is 5.91 Å². The summed E-state index contributed by atoms with van der Waals surface area (Å²) in [6.45, 7) is 4.14. The van der Waals surface area contributed by atoms with Crippen LogP contribution in [0.15, 0.2) is 11.6 Å². The molecule has 2 heteroatoms. The Morgan fingerprint density at radius 1 is 1.27 bits per heavy atom. The summed E-state index contributed by atoms with van der Waals surface area (Å²) in [5.41, 5.74) is 1.21. The minimum atomic E-state index is 0.0868. The SMILES string of the molecule is CCC(=CC(=O)N(C)C)CC. The molecule has 0 aromatic rings. The molecule has 0 aliphatic rings. The third kappa shape index (κ3) is 3.81. The summed E-state index contributed by atoms with van der Waals surface area (Å²) in [5, 5.41) is 0. The molecule has 64 valence electrons. The maximum atomic E-state index is 11.1. The average molecular weight is 155 g/mol. The predicted molar refractivity (Wildman–Crippen MR) is 47.4 cm³/mol. The number of likely N-dealkylation sites (N-methyl/N-ethyl adjacent to an activating group) is 1. The van der Waals surface area contributed by atoms with E-state index < -0.39 is 0 Å². The lowest BCUT2D eigenvalue weighted by molar-refractivity contribution is -0.123. The van der Waals surface area contributed by atoms with Gasteiger partial charge in [-0.25, -0.2) is 0 Å². The summed E-state index contributed by atoms with van der Waals surface area (Å²) < 4.78 is 0. The Hall–Kier alpha value is -0.790. The van der Waals surface area contributed by atoms with Crippen molar-refractivity contribution in [2.45, 2.75) is 26.7 Å². The van der Waals surface area contributed by atoms with Crippen LogP contribution in [0, 0.1) is 0 Å². The second-order valence-corrected chi connectivity index (χ2v) is 2.74. The minimum Gasteiger partial charge on any atom is -0.345 e. The normalized spacial score (nSPS) is 9.09. The molecule has 0 heterocycles. The molecule has 0 aromatic carbocycles. The van der Waals surface area contributed by atoms with E-state index in [1.54, 1.807) is 25.1 Å². The fraction of sp³-hybridized carbons (Fsp3) is 0.667. The van der Waals surface area contributed by atoms with E-state index >= 15 is 0 Å². The van der Waals surface area contributed by atoms with Gasteiger partial charge in [0.25, 0.3) is 0 Å². The Morgan fingerprint density at radius 3 is 2.00 bits per heavy atom. The van der Waals surface area contributed by atoms with Gasteiger partial charge in [0.05, 0.1) is 0 Å². The summed E-state index contributed by atoms with van der Waals surface area (Å²) in [7, 11) is 3.53. The lowest BCUT2D eigenvalue weighted by Gasteiger charge is -2.07. The number of hydrogen-bond acceptors (Lipinski definition) is 1. The summed E-state index contributed by atoms with van der Waals surface area (Å²) in [6.07, 6.45) is 3.66. The van der Waals surface area contributed by atoms with Crippen molar-refractivity contribution in [3.63, 3.8) is 0 Å². The second-order valence-electron chi connectivity index (χ2n) is 2.74. The molecule has 0 N–H and O–H groups in total. The number of nitrogens with zero attached hydrogens (tertiary/aromatic N) is 1. The number of rotatable bonds is 3. The van der Waals surface area contributed by atoms with Gasteiger partial charge in [-0.2, -0.15) is 0 Å². The maximum Gasteiger partial charge on any atom is 0.245 e. The summed E-state index contributed by atoms with van der Waals surface area (Å²) >= 11 is 0. The predicted octanol–water partition coefficient (Wildman–Crippen LogP) is 1.82. The third-order valence-corrected chi connectivity index (χ3v) is 1.68. The van der Waals surface area contributed by atoms with Crippen LogP contribution < -0.4 is 0 Å². The third-order valence-electron chi connectivity index (χ3n) is 1.68. The largest absolute Gasteiger partial charge is 0.345 e. The molecular formula is C9H17NO. The van der Waals surface area contributed by atoms with Crippen molar-refractivity contribution in [3.05, 3.63) is 11.6 Å². The topological polar surface area (TPSA) is 20.3 Å². The highest BCUT2D eigenvalue weighted by molar-refractivity contribution is 5.87. The van der Waals surface area contributed by atoms with E-state index in [2.05, 4.69) is 13.8 Å². The Bertz CT molecular complexity index is 153. The van der Waals surface area contributed by atoms with Crippen molar-refractivity contribution < 1.29 is 4.79 Å². The van der Waals surface area contributed by atoms with E-state index in [4.69, 9.17) is 0 Å². The first kappa shape index (κ1) is 10.2. The highest BCUT2D eigenvalue weighted by Crippen LogP contribution is 2.05. The number of amides is 1. The quantitative estimate of drug-likeness (QED) is 0.569. The van der Waals surface area contributed by atoms with Crippen molar-refractivity contribution in [1.29, 1.82) is 0 Å². The van der Waals surface area contributed by atoms with Gasteiger partial charge in [0, 0.05) is 20.2 Å². The van der Waals surface area contributed by atoms with E-state index in [9.17, 15) is 4.79 Å². The van der Waals surface area contributed by atoms with E-state index in [0.717, 1.165) is 12.8 Å². The minimum absolute atomic E-state index is 0.0868. The van der Waals surface area contributed by atoms with Gasteiger partial charge < -0.3 is 4.90 Å². The first-order valence-electron chi connectivity index (χ1n) is 4.02. The fourth-order valence-electron chi connectivity index (χ4n) is 0.758. The Morgan fingerprint density at radius 2 is 1.73 bits per heavy atom. The average Bonchev–Trinajstić information content (AvgIpc) is 1.99. The molecule has 0 aliphatic carbocycles. The smallest absolute Gasteiger partial charge is 0.245 e. The van der Waals surface area contributed by atoms with Gasteiger partial charge in [-0.3, -0.25) is 4.79 Å². The second kappa shape index (κ2) is 4.94. The van der Waals surface area contributed by atoms with E-state index in [0.29, 0.717) is 0 Å². The molecule has 0 unspecified atom stereocenters. The van der Waals surface area contributed by atoms with Crippen LogP contribution in [0.5, 0.6) is 0 Å². The van der Waals surface area contributed by atoms with Crippen molar-refractivity contribution >= 4 is 5.91 Å². The molecule has 0 atom stereocenters. The molecule has 0 rings (SSSR count). The van der Waals surface area contributed by atoms with Crippen LogP contribution in [-0.4, -0.2) is 24.9 Å². The molecule has 0 radical (unpaired) electrons. The van der Waals surface area contributed by atoms with E-state index in [1.165, 1.54) is 5.57 Å². The molecule has 0 saturated heterocycles. The van der Waals surface area contributed by atoms with E-state index in [1.807, 2.05) is 0 Å². The zero-order valence-corrected chi connectivity index (χ0v) is 7.85. The highest BCUT2D eigenvalue weighted by Gasteiger charge is 1.99. The fourth-order valence-corrected chi connectivity index (χ4v) is 0.758. The van der Waals surface area contributed by atoms with Crippen molar-refractivity contribution in [3.8, 4) is 0 Å². The number of carbonyl (C=O) groups excluding carboxylic acids is 1. The van der Waals surface area contributed by atoms with Crippen molar-refractivity contribution in [1.82, 2.24) is 4.90 Å². The molecule has 2 nitrogen and oxygen atoms in total. The molecule has 0 saturated carbocycles. The number of carbonyl (C=O) groups is 1. The van der Waals surface area contributed by atoms with Crippen LogP contribution in [-0.2, 0) is 4.79 Å². The summed E-state index contributed by atoms with van der Waals surface area (Å²) in [6, 6.07) is 0. The van der Waals surface area contributed by atoms with Gasteiger partial charge in [-0.05, 0) is 12.8 Å². The Balaban J connectivity index is 4.15. The zero-order valence-electron chi connectivity index (χ0n) is 7.85. The molecule has 0 aromatic heterocycles. The van der Waals surface area contributed by atoms with Gasteiger partial charge in [-0.15, -0.1) is 0 Å². The van der Waals surface area contributed by atoms with Crippen molar-refractivity contribution in [2.75, 3.05) is 14.1 Å². The molecular weight excluding hydrogens is 138 g/mol. The monoisotopic (exact) mass is 155 g/mol. The summed E-state index contributed by atoms with van der Waals surface area (Å²) in [5.74, 6) is 0.0868. The van der Waals surface area contributed by atoms with Gasteiger partial charge >= 0.3 is 0 Å². The molecule has 0 aliphatic heterocycles. The molecule has 1 amide bonds. The lowest BCUT2D eigenvalue weighted by Crippen LogP contribution is -2.19. The molecule has 0 fully saturated rings. The van der Waals surface area contributed by atoms with Gasteiger partial charge in [-0.1, -0.05) is 19.4 Å². The first-order valence-corrected chi connectivity index (χ1v) is 4.02. The molecule has 11 heavy (non-hydrogen) atoms. The number of allylic oxidation sites excluding steroid dienone is 1. The molecule has 0 bridgehead atoms. The summed E-state index contributed by atoms with van der Waals surface area (Å²) in [4.78, 5) is 12.7. The Kier molecular flexibility index (Phi) is 4.59. The van der Waals surface area contributed by atoms with Crippen LogP contribution in [0.25, 0.3) is 0 Å². The van der Waals surface area contributed by atoms with Crippen LogP contribution in [0.2, 0.25) is 0 Å². The van der Waals surface area contributed by atoms with Gasteiger partial charge in [0.1, 0.15) is 0 Å². The van der Waals surface area contributed by atoms with Crippen LogP contribution in [0.4, 0.5) is 0 Å². The van der Waals surface area contributed by atoms with Crippen LogP contribution >= 0.6 is 0 Å². The zero-order chi connectivity index (χ0) is 8.85. The van der Waals surface area contributed by atoms with Gasteiger partial charge in [0.15, 0.2) is 0 Å². The molecule has 0 spiro atoms. The standard InChI is InChI=1S/C9H17NO/c1-5-8(6-2)7-9(11)10(3)4/h7H,5-6H2,1-4H3. The van der Waals surface area contributed by atoms with Crippen LogP contribution in [0.3, 0.4) is 0 Å².